The minimum absolute atomic E-state index is 0.0301. The van der Waals surface area contributed by atoms with Gasteiger partial charge < -0.3 is 10.3 Å². The molecule has 7 rings (SSSR count). The monoisotopic (exact) mass is 520 g/mol. The Morgan fingerprint density at radius 2 is 1.89 bits per heavy atom. The van der Waals surface area contributed by atoms with E-state index in [4.69, 9.17) is 4.98 Å². The SMILES string of the molecule is CC(=O)c1ccc(-c2cncc3[nH]c(-c4n[nH]c5cnc(-c6cncc(NC(=O)C7CC7)c6)cc45)nc23)s1. The first-order valence-corrected chi connectivity index (χ1v) is 12.9. The molecule has 3 N–H and O–H groups in total. The molecule has 10 nitrogen and oxygen atoms in total. The summed E-state index contributed by atoms with van der Waals surface area (Å²) in [5.41, 5.74) is 5.90. The lowest BCUT2D eigenvalue weighted by Gasteiger charge is -2.06. The normalized spacial score (nSPS) is 13.3. The molecule has 38 heavy (non-hydrogen) atoms. The predicted molar refractivity (Wildman–Crippen MR) is 145 cm³/mol. The Labute approximate surface area is 219 Å². The van der Waals surface area contributed by atoms with Crippen LogP contribution in [0, 0.1) is 5.92 Å². The quantitative estimate of drug-likeness (QED) is 0.255. The van der Waals surface area contributed by atoms with Crippen molar-refractivity contribution in [1.29, 1.82) is 0 Å². The molecule has 0 saturated heterocycles. The molecule has 0 spiro atoms. The van der Waals surface area contributed by atoms with E-state index in [-0.39, 0.29) is 17.6 Å². The number of carbonyl (C=O) groups excluding carboxylic acids is 2. The third-order valence-corrected chi connectivity index (χ3v) is 7.75. The summed E-state index contributed by atoms with van der Waals surface area (Å²) in [6.45, 7) is 1.56. The van der Waals surface area contributed by atoms with Crippen molar-refractivity contribution in [2.45, 2.75) is 19.8 Å². The highest BCUT2D eigenvalue weighted by molar-refractivity contribution is 7.17. The van der Waals surface area contributed by atoms with Gasteiger partial charge in [-0.2, -0.15) is 5.10 Å². The van der Waals surface area contributed by atoms with Crippen molar-refractivity contribution in [2.75, 3.05) is 5.32 Å². The van der Waals surface area contributed by atoms with E-state index >= 15 is 0 Å². The number of thiophene rings is 1. The van der Waals surface area contributed by atoms with E-state index in [0.29, 0.717) is 27.8 Å². The van der Waals surface area contributed by atoms with E-state index in [1.54, 1.807) is 37.9 Å². The van der Waals surface area contributed by atoms with Crippen LogP contribution in [0.25, 0.3) is 55.2 Å². The summed E-state index contributed by atoms with van der Waals surface area (Å²) < 4.78 is 0. The second kappa shape index (κ2) is 8.67. The average molecular weight is 521 g/mol. The highest BCUT2D eigenvalue weighted by Crippen LogP contribution is 2.35. The van der Waals surface area contributed by atoms with Crippen molar-refractivity contribution in [1.82, 2.24) is 35.1 Å². The van der Waals surface area contributed by atoms with Gasteiger partial charge in [-0.15, -0.1) is 11.3 Å². The summed E-state index contributed by atoms with van der Waals surface area (Å²) in [7, 11) is 0. The molecule has 6 heterocycles. The van der Waals surface area contributed by atoms with Crippen molar-refractivity contribution in [3.63, 3.8) is 0 Å². The average Bonchev–Trinajstić information content (AvgIpc) is 3.32. The van der Waals surface area contributed by atoms with Crippen LogP contribution in [0.3, 0.4) is 0 Å². The smallest absolute Gasteiger partial charge is 0.227 e. The van der Waals surface area contributed by atoms with Gasteiger partial charge in [0.15, 0.2) is 11.6 Å². The molecule has 1 aliphatic carbocycles. The molecule has 186 valence electrons. The molecule has 0 bridgehead atoms. The predicted octanol–water partition coefficient (Wildman–Crippen LogP) is 5.24. The van der Waals surface area contributed by atoms with E-state index in [2.05, 4.69) is 35.5 Å². The molecular weight excluding hydrogens is 500 g/mol. The van der Waals surface area contributed by atoms with E-state index < -0.39 is 0 Å². The van der Waals surface area contributed by atoms with Crippen LogP contribution in [0.2, 0.25) is 0 Å². The summed E-state index contributed by atoms with van der Waals surface area (Å²) in [6.07, 6.45) is 10.4. The molecule has 0 aliphatic heterocycles. The third-order valence-electron chi connectivity index (χ3n) is 6.53. The fraction of sp³-hybridized carbons (Fsp3) is 0.148. The number of aromatic nitrogens is 7. The Bertz CT molecular complexity index is 1880. The van der Waals surface area contributed by atoms with Crippen LogP contribution in [0.4, 0.5) is 5.69 Å². The van der Waals surface area contributed by atoms with E-state index in [9.17, 15) is 9.59 Å². The van der Waals surface area contributed by atoms with Gasteiger partial charge >= 0.3 is 0 Å². The number of ketones is 1. The first-order valence-electron chi connectivity index (χ1n) is 12.1. The largest absolute Gasteiger partial charge is 0.335 e. The molecule has 1 saturated carbocycles. The van der Waals surface area contributed by atoms with Crippen molar-refractivity contribution >= 4 is 50.7 Å². The molecule has 11 heteroatoms. The van der Waals surface area contributed by atoms with Crippen molar-refractivity contribution in [3.05, 3.63) is 60.1 Å². The Hall–Kier alpha value is -4.77. The number of carbonyl (C=O) groups is 2. The number of rotatable bonds is 6. The van der Waals surface area contributed by atoms with E-state index in [1.807, 2.05) is 24.3 Å². The highest BCUT2D eigenvalue weighted by atomic mass is 32.1. The van der Waals surface area contributed by atoms with Crippen molar-refractivity contribution < 1.29 is 9.59 Å². The third kappa shape index (κ3) is 3.93. The molecule has 1 aliphatic rings. The van der Waals surface area contributed by atoms with Crippen molar-refractivity contribution in [2.24, 2.45) is 5.92 Å². The molecule has 0 aromatic carbocycles. The molecular formula is C27H20N8O2S. The summed E-state index contributed by atoms with van der Waals surface area (Å²) in [4.78, 5) is 47.1. The zero-order valence-electron chi connectivity index (χ0n) is 20.1. The van der Waals surface area contributed by atoms with Gasteiger partial charge in [0.05, 0.1) is 45.9 Å². The van der Waals surface area contributed by atoms with E-state index in [0.717, 1.165) is 50.8 Å². The van der Waals surface area contributed by atoms with Gasteiger partial charge in [-0.1, -0.05) is 0 Å². The van der Waals surface area contributed by atoms with Crippen LogP contribution in [-0.2, 0) is 4.79 Å². The van der Waals surface area contributed by atoms with Gasteiger partial charge in [-0.25, -0.2) is 4.98 Å². The number of amides is 1. The Balaban J connectivity index is 1.27. The number of pyridine rings is 3. The van der Waals surface area contributed by atoms with Gasteiger partial charge in [0, 0.05) is 39.7 Å². The zero-order valence-corrected chi connectivity index (χ0v) is 21.0. The van der Waals surface area contributed by atoms with Gasteiger partial charge in [0.2, 0.25) is 5.91 Å². The Kier molecular flexibility index (Phi) is 5.11. The van der Waals surface area contributed by atoms with E-state index in [1.165, 1.54) is 11.3 Å². The number of imidazole rings is 1. The maximum atomic E-state index is 12.2. The number of hydrogen-bond donors (Lipinski definition) is 3. The summed E-state index contributed by atoms with van der Waals surface area (Å²) in [5.74, 6) is 0.757. The minimum Gasteiger partial charge on any atom is -0.335 e. The number of aromatic amines is 2. The summed E-state index contributed by atoms with van der Waals surface area (Å²) >= 11 is 1.42. The van der Waals surface area contributed by atoms with Crippen LogP contribution in [0.1, 0.15) is 29.4 Å². The van der Waals surface area contributed by atoms with Gasteiger partial charge in [-0.05, 0) is 44.0 Å². The first-order chi connectivity index (χ1) is 18.5. The number of nitrogens with one attached hydrogen (secondary N) is 3. The van der Waals surface area contributed by atoms with Gasteiger partial charge in [0.25, 0.3) is 0 Å². The first kappa shape index (κ1) is 22.4. The topological polar surface area (TPSA) is 142 Å². The van der Waals surface area contributed by atoms with Crippen LogP contribution in [0.5, 0.6) is 0 Å². The summed E-state index contributed by atoms with van der Waals surface area (Å²) in [6, 6.07) is 7.55. The van der Waals surface area contributed by atoms with Crippen LogP contribution in [-0.4, -0.2) is 46.8 Å². The maximum Gasteiger partial charge on any atom is 0.227 e. The number of nitrogens with zero attached hydrogens (tertiary/aromatic N) is 5. The minimum atomic E-state index is 0.0301. The molecule has 1 fully saturated rings. The number of anilines is 1. The fourth-order valence-corrected chi connectivity index (χ4v) is 5.30. The lowest BCUT2D eigenvalue weighted by Crippen LogP contribution is -2.13. The Morgan fingerprint density at radius 1 is 1.03 bits per heavy atom. The second-order valence-corrected chi connectivity index (χ2v) is 10.4. The standard InChI is InChI=1S/C27H20N8O2S/c1-13(36)22-4-5-23(38-22)18-10-29-11-21-24(18)33-26(32-21)25-17-7-19(30-12-20(17)34-35-25)15-6-16(9-28-8-15)31-27(37)14-2-3-14/h4-12,14H,2-3H2,1H3,(H,31,37)(H,32,33)(H,34,35). The molecule has 0 atom stereocenters. The van der Waals surface area contributed by atoms with Crippen molar-refractivity contribution in [3.8, 4) is 33.2 Å². The second-order valence-electron chi connectivity index (χ2n) is 9.30. The number of fused-ring (bicyclic) bond motifs is 2. The Morgan fingerprint density at radius 3 is 2.71 bits per heavy atom. The fourth-order valence-electron chi connectivity index (χ4n) is 4.39. The summed E-state index contributed by atoms with van der Waals surface area (Å²) in [5, 5.41) is 11.3. The van der Waals surface area contributed by atoms with Gasteiger partial charge in [0.1, 0.15) is 11.2 Å². The highest BCUT2D eigenvalue weighted by Gasteiger charge is 2.29. The van der Waals surface area contributed by atoms with Crippen LogP contribution < -0.4 is 5.32 Å². The molecule has 1 amide bonds. The number of hydrogen-bond acceptors (Lipinski definition) is 8. The molecule has 6 aromatic heterocycles. The lowest BCUT2D eigenvalue weighted by atomic mass is 10.1. The zero-order chi connectivity index (χ0) is 25.8. The maximum absolute atomic E-state index is 12.2. The lowest BCUT2D eigenvalue weighted by molar-refractivity contribution is -0.117. The van der Waals surface area contributed by atoms with Crippen LogP contribution in [0.15, 0.2) is 55.2 Å². The number of H-pyrrole nitrogens is 2. The molecule has 6 aromatic rings. The molecule has 0 radical (unpaired) electrons. The molecule has 0 unspecified atom stereocenters. The number of Topliss-reactive ketones (excluding diaryl/α,β-unsaturated/α-hetero) is 1. The van der Waals surface area contributed by atoms with Crippen LogP contribution >= 0.6 is 11.3 Å². The van der Waals surface area contributed by atoms with Gasteiger partial charge in [-0.3, -0.25) is 29.6 Å².